The number of allylic oxidation sites excluding steroid dienone is 2. The van der Waals surface area contributed by atoms with Crippen molar-refractivity contribution in [1.29, 1.82) is 0 Å². The van der Waals surface area contributed by atoms with Crippen molar-refractivity contribution < 1.29 is 12.4 Å². The first kappa shape index (κ1) is 18.2. The molecule has 0 amide bonds. The number of halogens is 1. The molecule has 0 saturated carbocycles. The minimum atomic E-state index is 0. The van der Waals surface area contributed by atoms with Gasteiger partial charge in [0.15, 0.2) is 0 Å². The van der Waals surface area contributed by atoms with Gasteiger partial charge < -0.3 is 12.4 Å². The number of unbranched alkanes of at least 4 members (excludes halogenated alkanes) is 7. The van der Waals surface area contributed by atoms with E-state index in [1.165, 1.54) is 62.3 Å². The molecular formula is C13H25ClMg. The summed E-state index contributed by atoms with van der Waals surface area (Å²) in [6, 6.07) is 0. The van der Waals surface area contributed by atoms with E-state index in [9.17, 15) is 0 Å². The Kier molecular flexibility index (Phi) is 20.8. The molecule has 0 saturated heterocycles. The summed E-state index contributed by atoms with van der Waals surface area (Å²) >= 11 is 2.10. The van der Waals surface area contributed by atoms with Crippen LogP contribution in [0.25, 0.3) is 0 Å². The van der Waals surface area contributed by atoms with Crippen LogP contribution in [0.3, 0.4) is 0 Å². The van der Waals surface area contributed by atoms with E-state index in [-0.39, 0.29) is 12.4 Å². The van der Waals surface area contributed by atoms with E-state index in [0.717, 1.165) is 0 Å². The maximum atomic E-state index is 2.38. The molecule has 0 aromatic rings. The average molecular weight is 241 g/mol. The van der Waals surface area contributed by atoms with Crippen molar-refractivity contribution in [1.82, 2.24) is 0 Å². The van der Waals surface area contributed by atoms with E-state index in [4.69, 9.17) is 0 Å². The molecule has 0 radical (unpaired) electrons. The van der Waals surface area contributed by atoms with Crippen molar-refractivity contribution in [2.45, 2.75) is 69.3 Å². The summed E-state index contributed by atoms with van der Waals surface area (Å²) in [6.07, 6.45) is 17.1. The third-order valence-corrected chi connectivity index (χ3v) is 3.01. The van der Waals surface area contributed by atoms with Gasteiger partial charge in [0.25, 0.3) is 0 Å². The third kappa shape index (κ3) is 17.4. The van der Waals surface area contributed by atoms with Gasteiger partial charge in [-0.2, -0.15) is 0 Å². The Balaban J connectivity index is 0. The van der Waals surface area contributed by atoms with Crippen LogP contribution in [0, 0.1) is 0 Å². The second kappa shape index (κ2) is 17.2. The molecule has 0 nitrogen and oxygen atoms in total. The topological polar surface area (TPSA) is 0 Å². The monoisotopic (exact) mass is 240 g/mol. The van der Waals surface area contributed by atoms with Gasteiger partial charge in [0, 0.05) is 0 Å². The summed E-state index contributed by atoms with van der Waals surface area (Å²) in [6.45, 7) is 2.26. The maximum absolute atomic E-state index is 2.38. The smallest absolute Gasteiger partial charge is 1.00 e. The molecule has 0 aromatic heterocycles. The van der Waals surface area contributed by atoms with Crippen LogP contribution in [0.2, 0.25) is 4.55 Å². The Morgan fingerprint density at radius 3 is 1.87 bits per heavy atom. The first-order valence-corrected chi connectivity index (χ1v) is 7.36. The molecule has 0 unspecified atom stereocenters. The first-order chi connectivity index (χ1) is 6.91. The van der Waals surface area contributed by atoms with Crippen LogP contribution in [0.15, 0.2) is 12.2 Å². The predicted molar refractivity (Wildman–Crippen MR) is 66.9 cm³/mol. The van der Waals surface area contributed by atoms with Crippen molar-refractivity contribution in [3.05, 3.63) is 12.2 Å². The number of hydrogen-bond donors (Lipinski definition) is 0. The van der Waals surface area contributed by atoms with Gasteiger partial charge >= 0.3 is 96.2 Å². The Labute approximate surface area is 115 Å². The molecule has 0 bridgehead atoms. The van der Waals surface area contributed by atoms with Gasteiger partial charge in [0.1, 0.15) is 0 Å². The van der Waals surface area contributed by atoms with E-state index in [1.807, 2.05) is 0 Å². The minimum absolute atomic E-state index is 0. The third-order valence-electron chi connectivity index (χ3n) is 2.51. The summed E-state index contributed by atoms with van der Waals surface area (Å²) in [5.41, 5.74) is 0. The largest absolute Gasteiger partial charge is 1.00 e. The fourth-order valence-electron chi connectivity index (χ4n) is 1.54. The molecule has 86 valence electrons. The average Bonchev–Trinajstić information content (AvgIpc) is 2.21. The Hall–Kier alpha value is 0.796. The quantitative estimate of drug-likeness (QED) is 0.310. The summed E-state index contributed by atoms with van der Waals surface area (Å²) in [7, 11) is 0. The van der Waals surface area contributed by atoms with Crippen molar-refractivity contribution >= 4 is 21.7 Å². The predicted octanol–water partition coefficient (Wildman–Crippen LogP) is 1.66. The molecule has 0 N–H and O–H groups in total. The molecule has 2 heteroatoms. The van der Waals surface area contributed by atoms with Crippen molar-refractivity contribution in [2.24, 2.45) is 0 Å². The fourth-order valence-corrected chi connectivity index (χ4v) is 1.89. The molecule has 15 heavy (non-hydrogen) atoms. The number of rotatable bonds is 10. The molecule has 0 spiro atoms. The van der Waals surface area contributed by atoms with Gasteiger partial charge in [-0.25, -0.2) is 0 Å². The molecule has 0 aliphatic rings. The SMILES string of the molecule is CCCCC/C=C\CCCCC[CH2][Mg+].[Cl-]. The second-order valence-corrected chi connectivity index (χ2v) is 4.73. The zero-order valence-corrected chi connectivity index (χ0v) is 12.5. The van der Waals surface area contributed by atoms with E-state index in [0.29, 0.717) is 0 Å². The maximum Gasteiger partial charge on any atom is -1.00 e. The van der Waals surface area contributed by atoms with Gasteiger partial charge in [-0.15, -0.1) is 0 Å². The summed E-state index contributed by atoms with van der Waals surface area (Å²) in [5, 5.41) is 0. The molecule has 0 heterocycles. The van der Waals surface area contributed by atoms with Gasteiger partial charge in [-0.05, 0) is 0 Å². The standard InChI is InChI=1S/C13H25.ClH.Mg/c1-3-5-7-9-11-13-12-10-8-6-4-2;;/h12-13H,1,3-11H2,2H3;1H;/q;;+1/p-1/b13-12-;;. The van der Waals surface area contributed by atoms with Crippen LogP contribution < -0.4 is 12.4 Å². The molecule has 0 fully saturated rings. The van der Waals surface area contributed by atoms with E-state index in [2.05, 4.69) is 40.8 Å². The van der Waals surface area contributed by atoms with Gasteiger partial charge in [-0.1, -0.05) is 6.92 Å². The van der Waals surface area contributed by atoms with Crippen LogP contribution in [0.1, 0.15) is 64.7 Å². The molecule has 0 aromatic carbocycles. The Bertz CT molecular complexity index is 124. The minimum Gasteiger partial charge on any atom is -1.00 e. The Morgan fingerprint density at radius 2 is 1.33 bits per heavy atom. The summed E-state index contributed by atoms with van der Waals surface area (Å²) in [4.78, 5) is 0. The van der Waals surface area contributed by atoms with Crippen LogP contribution in [0.4, 0.5) is 0 Å². The first-order valence-electron chi connectivity index (χ1n) is 6.36. The molecule has 0 aliphatic heterocycles. The van der Waals surface area contributed by atoms with E-state index in [1.54, 1.807) is 0 Å². The zero-order valence-electron chi connectivity index (χ0n) is 10.3. The molecule has 0 atom stereocenters. The molecule has 0 aliphatic carbocycles. The van der Waals surface area contributed by atoms with Crippen molar-refractivity contribution in [3.63, 3.8) is 0 Å². The zero-order chi connectivity index (χ0) is 10.5. The van der Waals surface area contributed by atoms with E-state index < -0.39 is 0 Å². The molecular weight excluding hydrogens is 216 g/mol. The van der Waals surface area contributed by atoms with Crippen LogP contribution >= 0.6 is 0 Å². The summed E-state index contributed by atoms with van der Waals surface area (Å²) in [5.74, 6) is 0. The second-order valence-electron chi connectivity index (χ2n) is 4.02. The van der Waals surface area contributed by atoms with Gasteiger partial charge in [-0.3, -0.25) is 0 Å². The van der Waals surface area contributed by atoms with Crippen molar-refractivity contribution in [3.8, 4) is 0 Å². The Morgan fingerprint density at radius 1 is 0.800 bits per heavy atom. The van der Waals surface area contributed by atoms with Crippen LogP contribution in [-0.2, 0) is 0 Å². The van der Waals surface area contributed by atoms with Gasteiger partial charge in [0.05, 0.1) is 0 Å². The fraction of sp³-hybridized carbons (Fsp3) is 0.846. The molecule has 0 rings (SSSR count). The number of hydrogen-bond acceptors (Lipinski definition) is 0. The summed E-state index contributed by atoms with van der Waals surface area (Å²) < 4.78 is 1.38. The van der Waals surface area contributed by atoms with Gasteiger partial charge in [0.2, 0.25) is 0 Å². The van der Waals surface area contributed by atoms with Crippen LogP contribution in [-0.4, -0.2) is 21.7 Å². The normalized spacial score (nSPS) is 10.6. The van der Waals surface area contributed by atoms with E-state index >= 15 is 0 Å². The van der Waals surface area contributed by atoms with Crippen molar-refractivity contribution in [2.75, 3.05) is 0 Å². The van der Waals surface area contributed by atoms with Crippen LogP contribution in [0.5, 0.6) is 0 Å².